The minimum atomic E-state index is -0.487. The third kappa shape index (κ3) is 4.43. The van der Waals surface area contributed by atoms with E-state index in [9.17, 15) is 8.78 Å². The molecule has 1 N–H and O–H groups in total. The first-order chi connectivity index (χ1) is 14.5. The largest absolute Gasteiger partial charge is 0.366 e. The van der Waals surface area contributed by atoms with Crippen molar-refractivity contribution in [3.05, 3.63) is 76.8 Å². The van der Waals surface area contributed by atoms with E-state index in [1.807, 2.05) is 36.2 Å². The summed E-state index contributed by atoms with van der Waals surface area (Å²) in [6.07, 6.45) is 6.03. The lowest BCUT2D eigenvalue weighted by atomic mass is 10.1. The molecule has 0 bridgehead atoms. The van der Waals surface area contributed by atoms with E-state index in [1.165, 1.54) is 18.9 Å². The highest BCUT2D eigenvalue weighted by Crippen LogP contribution is 2.29. The molecule has 0 spiro atoms. The second-order valence-corrected chi connectivity index (χ2v) is 8.25. The lowest BCUT2D eigenvalue weighted by Crippen LogP contribution is -2.28. The normalized spacial score (nSPS) is 17.8. The van der Waals surface area contributed by atoms with Gasteiger partial charge in [-0.25, -0.2) is 13.8 Å². The number of nitrogens with zero attached hydrogens (tertiary/aromatic N) is 3. The van der Waals surface area contributed by atoms with Gasteiger partial charge >= 0.3 is 0 Å². The van der Waals surface area contributed by atoms with Crippen LogP contribution in [0.15, 0.2) is 48.8 Å². The third-order valence-corrected chi connectivity index (χ3v) is 5.64. The minimum absolute atomic E-state index is 0.261. The zero-order chi connectivity index (χ0) is 21.3. The molecule has 2 aromatic carbocycles. The van der Waals surface area contributed by atoms with Crippen LogP contribution in [0, 0.1) is 17.6 Å². The Labute approximate surface area is 180 Å². The standard InChI is InChI=1S/C19H17ClF2N4.C4H8/c1-2-26-17-9-12(20)3-6-16(17)24-18(26)11-25-8-7-23-19(25)14-10-13(21)4-5-15(14)22;1-4-2-3-4/h3-10,19,23H,2,11H2,1H3;4H,2-3H2,1H3. The lowest BCUT2D eigenvalue weighted by Gasteiger charge is -2.26. The molecule has 1 fully saturated rings. The zero-order valence-electron chi connectivity index (χ0n) is 17.1. The van der Waals surface area contributed by atoms with Crippen LogP contribution in [0.25, 0.3) is 11.0 Å². The molecule has 1 unspecified atom stereocenters. The number of halogens is 3. The van der Waals surface area contributed by atoms with Crippen LogP contribution < -0.4 is 5.32 Å². The van der Waals surface area contributed by atoms with Crippen LogP contribution in [0.1, 0.15) is 44.2 Å². The van der Waals surface area contributed by atoms with Crippen molar-refractivity contribution in [2.45, 2.75) is 45.9 Å². The summed E-state index contributed by atoms with van der Waals surface area (Å²) in [5, 5.41) is 3.73. The molecule has 30 heavy (non-hydrogen) atoms. The Morgan fingerprint density at radius 1 is 1.17 bits per heavy atom. The van der Waals surface area contributed by atoms with E-state index in [1.54, 1.807) is 6.20 Å². The molecule has 0 radical (unpaired) electrons. The van der Waals surface area contributed by atoms with Gasteiger partial charge in [0.15, 0.2) is 0 Å². The summed E-state index contributed by atoms with van der Waals surface area (Å²) in [5.41, 5.74) is 2.08. The van der Waals surface area contributed by atoms with Gasteiger partial charge in [-0.05, 0) is 49.2 Å². The monoisotopic (exact) mass is 430 g/mol. The first-order valence-electron chi connectivity index (χ1n) is 10.2. The first kappa shape index (κ1) is 20.7. The summed E-state index contributed by atoms with van der Waals surface area (Å²) >= 11 is 6.11. The summed E-state index contributed by atoms with van der Waals surface area (Å²) in [4.78, 5) is 6.59. The molecule has 5 rings (SSSR count). The molecule has 0 amide bonds. The Hall–Kier alpha value is -2.60. The van der Waals surface area contributed by atoms with Gasteiger partial charge in [-0.15, -0.1) is 0 Å². The van der Waals surface area contributed by atoms with E-state index in [2.05, 4.69) is 21.8 Å². The number of hydrogen-bond donors (Lipinski definition) is 1. The molecular formula is C23H25ClF2N4. The second-order valence-electron chi connectivity index (χ2n) is 7.81. The predicted molar refractivity (Wildman–Crippen MR) is 116 cm³/mol. The van der Waals surface area contributed by atoms with Gasteiger partial charge in [0.1, 0.15) is 23.6 Å². The molecule has 2 aliphatic rings. The summed E-state index contributed by atoms with van der Waals surface area (Å²) < 4.78 is 29.9. The number of aromatic nitrogens is 2. The fraction of sp³-hybridized carbons (Fsp3) is 0.348. The van der Waals surface area contributed by atoms with Gasteiger partial charge < -0.3 is 14.8 Å². The quantitative estimate of drug-likeness (QED) is 0.552. The topological polar surface area (TPSA) is 33.1 Å². The number of imidazole rings is 1. The van der Waals surface area contributed by atoms with Gasteiger partial charge in [0.05, 0.1) is 17.6 Å². The van der Waals surface area contributed by atoms with Crippen molar-refractivity contribution in [2.24, 2.45) is 5.92 Å². The minimum Gasteiger partial charge on any atom is -0.366 e. The van der Waals surface area contributed by atoms with Crippen LogP contribution >= 0.6 is 11.6 Å². The molecule has 1 saturated carbocycles. The van der Waals surface area contributed by atoms with E-state index >= 15 is 0 Å². The summed E-state index contributed by atoms with van der Waals surface area (Å²) in [5.74, 6) is 0.999. The molecule has 1 aliphatic carbocycles. The average molecular weight is 431 g/mol. The van der Waals surface area contributed by atoms with Crippen LogP contribution in [-0.4, -0.2) is 14.5 Å². The number of rotatable bonds is 4. The van der Waals surface area contributed by atoms with Gasteiger partial charge in [0.2, 0.25) is 0 Å². The van der Waals surface area contributed by atoms with Gasteiger partial charge in [-0.2, -0.15) is 0 Å². The molecule has 2 heterocycles. The number of benzene rings is 2. The summed E-state index contributed by atoms with van der Waals surface area (Å²) in [6.45, 7) is 5.49. The average Bonchev–Trinajstić information content (AvgIpc) is 3.24. The third-order valence-electron chi connectivity index (χ3n) is 5.40. The molecule has 3 aromatic rings. The number of hydrogen-bond acceptors (Lipinski definition) is 3. The fourth-order valence-electron chi connectivity index (χ4n) is 3.50. The summed E-state index contributed by atoms with van der Waals surface area (Å²) in [6, 6.07) is 9.06. The Morgan fingerprint density at radius 3 is 2.63 bits per heavy atom. The maximum Gasteiger partial charge on any atom is 0.130 e. The Morgan fingerprint density at radius 2 is 1.93 bits per heavy atom. The molecule has 158 valence electrons. The highest BCUT2D eigenvalue weighted by Gasteiger charge is 2.26. The van der Waals surface area contributed by atoms with Crippen LogP contribution in [-0.2, 0) is 13.1 Å². The van der Waals surface area contributed by atoms with E-state index in [0.29, 0.717) is 11.6 Å². The highest BCUT2D eigenvalue weighted by atomic mass is 35.5. The van der Waals surface area contributed by atoms with Gasteiger partial charge in [-0.1, -0.05) is 31.4 Å². The Balaban J connectivity index is 0.000000489. The van der Waals surface area contributed by atoms with E-state index in [0.717, 1.165) is 41.5 Å². The molecule has 1 atom stereocenters. The SMILES string of the molecule is CC1CC1.CCn1c(CN2C=CNC2c2cc(F)ccc2F)nc2ccc(Cl)cc21. The van der Waals surface area contributed by atoms with E-state index in [-0.39, 0.29) is 5.56 Å². The Bertz CT molecular complexity index is 1070. The van der Waals surface area contributed by atoms with E-state index in [4.69, 9.17) is 11.6 Å². The predicted octanol–water partition coefficient (Wildman–Crippen LogP) is 5.98. The molecule has 0 saturated heterocycles. The number of fused-ring (bicyclic) bond motifs is 1. The van der Waals surface area contributed by atoms with Crippen molar-refractivity contribution in [2.75, 3.05) is 0 Å². The molecule has 4 nitrogen and oxygen atoms in total. The molecule has 7 heteroatoms. The van der Waals surface area contributed by atoms with Crippen molar-refractivity contribution < 1.29 is 8.78 Å². The maximum absolute atomic E-state index is 14.2. The van der Waals surface area contributed by atoms with Gasteiger partial charge in [0.25, 0.3) is 0 Å². The Kier molecular flexibility index (Phi) is 5.95. The smallest absolute Gasteiger partial charge is 0.130 e. The van der Waals surface area contributed by atoms with Crippen LogP contribution in [0.3, 0.4) is 0 Å². The maximum atomic E-state index is 14.2. The highest BCUT2D eigenvalue weighted by molar-refractivity contribution is 6.31. The van der Waals surface area contributed by atoms with Crippen molar-refractivity contribution >= 4 is 22.6 Å². The van der Waals surface area contributed by atoms with Crippen LogP contribution in [0.5, 0.6) is 0 Å². The lowest BCUT2D eigenvalue weighted by molar-refractivity contribution is 0.260. The number of aryl methyl sites for hydroxylation is 1. The molecule has 1 aliphatic heterocycles. The van der Waals surface area contributed by atoms with Crippen molar-refractivity contribution in [1.29, 1.82) is 0 Å². The zero-order valence-corrected chi connectivity index (χ0v) is 17.8. The van der Waals surface area contributed by atoms with Crippen molar-refractivity contribution in [3.63, 3.8) is 0 Å². The van der Waals surface area contributed by atoms with Gasteiger partial charge in [0, 0.05) is 29.5 Å². The van der Waals surface area contributed by atoms with Crippen LogP contribution in [0.2, 0.25) is 5.02 Å². The van der Waals surface area contributed by atoms with Crippen molar-refractivity contribution in [3.8, 4) is 0 Å². The van der Waals surface area contributed by atoms with Crippen LogP contribution in [0.4, 0.5) is 8.78 Å². The first-order valence-corrected chi connectivity index (χ1v) is 10.6. The number of nitrogens with one attached hydrogen (secondary N) is 1. The second kappa shape index (κ2) is 8.64. The van der Waals surface area contributed by atoms with Crippen molar-refractivity contribution in [1.82, 2.24) is 19.8 Å². The fourth-order valence-corrected chi connectivity index (χ4v) is 3.66. The van der Waals surface area contributed by atoms with Gasteiger partial charge in [-0.3, -0.25) is 0 Å². The molecule has 1 aromatic heterocycles. The summed E-state index contributed by atoms with van der Waals surface area (Å²) in [7, 11) is 0. The molecular weight excluding hydrogens is 406 g/mol. The van der Waals surface area contributed by atoms with E-state index < -0.39 is 17.8 Å².